The molecule has 0 bridgehead atoms. The van der Waals surface area contributed by atoms with Crippen LogP contribution in [-0.2, 0) is 14.4 Å². The molecule has 0 saturated carbocycles. The first-order valence-corrected chi connectivity index (χ1v) is 11.4. The summed E-state index contributed by atoms with van der Waals surface area (Å²) in [6, 6.07) is 14.6. The van der Waals surface area contributed by atoms with Crippen molar-refractivity contribution in [3.63, 3.8) is 0 Å². The van der Waals surface area contributed by atoms with Gasteiger partial charge in [-0.2, -0.15) is 0 Å². The van der Waals surface area contributed by atoms with Gasteiger partial charge in [0, 0.05) is 23.5 Å². The molecule has 0 unspecified atom stereocenters. The molecule has 2 atom stereocenters. The average Bonchev–Trinajstić information content (AvgIpc) is 2.75. The van der Waals surface area contributed by atoms with Crippen molar-refractivity contribution in [2.24, 2.45) is 17.8 Å². The van der Waals surface area contributed by atoms with E-state index in [4.69, 9.17) is 4.74 Å². The molecule has 2 aromatic rings. The number of Topliss-reactive ketones (excluding diaryl/α,β-unsaturated/α-hetero) is 1. The molecular weight excluding hydrogens is 402 g/mol. The largest absolute Gasteiger partial charge is 0.457 e. The molecule has 1 aliphatic heterocycles. The van der Waals surface area contributed by atoms with Crippen molar-refractivity contribution in [3.8, 4) is 11.5 Å². The van der Waals surface area contributed by atoms with Crippen LogP contribution in [-0.4, -0.2) is 24.0 Å². The predicted molar refractivity (Wildman–Crippen MR) is 125 cm³/mol. The van der Waals surface area contributed by atoms with E-state index in [1.807, 2.05) is 76.2 Å². The van der Waals surface area contributed by atoms with Gasteiger partial charge in [-0.25, -0.2) is 0 Å². The molecule has 1 amide bonds. The maximum atomic E-state index is 13.6. The van der Waals surface area contributed by atoms with E-state index >= 15 is 0 Å². The number of amides is 1. The van der Waals surface area contributed by atoms with E-state index in [1.54, 1.807) is 0 Å². The van der Waals surface area contributed by atoms with Crippen molar-refractivity contribution in [2.75, 3.05) is 0 Å². The van der Waals surface area contributed by atoms with Gasteiger partial charge in [0.2, 0.25) is 5.91 Å². The number of para-hydroxylation sites is 2. The number of rotatable bonds is 10. The second-order valence-corrected chi connectivity index (χ2v) is 9.49. The monoisotopic (exact) mass is 435 g/mol. The number of carbonyl (C=O) groups is 3. The minimum atomic E-state index is -0.531. The molecule has 3 rings (SSSR count). The third-order valence-corrected chi connectivity index (χ3v) is 5.79. The van der Waals surface area contributed by atoms with Gasteiger partial charge in [0.15, 0.2) is 0 Å². The predicted octanol–water partition coefficient (Wildman–Crippen LogP) is 5.28. The Kier molecular flexibility index (Phi) is 7.84. The molecule has 0 spiro atoms. The zero-order valence-corrected chi connectivity index (χ0v) is 19.3. The topological polar surface area (TPSA) is 72.5 Å². The highest BCUT2D eigenvalue weighted by Crippen LogP contribution is 2.45. The highest BCUT2D eigenvalue weighted by molar-refractivity contribution is 5.95. The molecule has 0 radical (unpaired) electrons. The molecule has 0 aromatic heterocycles. The fraction of sp³-hybridized carbons (Fsp3) is 0.444. The summed E-state index contributed by atoms with van der Waals surface area (Å²) in [6.07, 6.45) is 2.07. The van der Waals surface area contributed by atoms with E-state index in [0.29, 0.717) is 24.3 Å². The van der Waals surface area contributed by atoms with E-state index in [0.717, 1.165) is 17.4 Å². The third-order valence-electron chi connectivity index (χ3n) is 5.79. The van der Waals surface area contributed by atoms with Crippen LogP contribution in [0.25, 0.3) is 0 Å². The van der Waals surface area contributed by atoms with Crippen LogP contribution in [0.1, 0.15) is 64.0 Å². The first-order valence-electron chi connectivity index (χ1n) is 11.4. The summed E-state index contributed by atoms with van der Waals surface area (Å²) in [4.78, 5) is 38.2. The van der Waals surface area contributed by atoms with Crippen molar-refractivity contribution in [1.82, 2.24) is 5.32 Å². The minimum absolute atomic E-state index is 0.0134. The van der Waals surface area contributed by atoms with Gasteiger partial charge in [-0.05, 0) is 36.8 Å². The summed E-state index contributed by atoms with van der Waals surface area (Å²) in [5, 5.41) is 2.87. The fourth-order valence-corrected chi connectivity index (χ4v) is 4.43. The summed E-state index contributed by atoms with van der Waals surface area (Å²) < 4.78 is 6.01. The van der Waals surface area contributed by atoms with Crippen molar-refractivity contribution < 1.29 is 19.1 Å². The number of nitrogens with one attached hydrogen (secondary N) is 1. The molecule has 0 fully saturated rings. The SMILES string of the molecule is CC(C)C[C@H](CC(=O)C1c2ccccc2Oc2ccccc21)C(=O)N[C@H](C=O)CC(C)C. The van der Waals surface area contributed by atoms with E-state index in [9.17, 15) is 14.4 Å². The molecule has 5 heteroatoms. The van der Waals surface area contributed by atoms with Crippen molar-refractivity contribution >= 4 is 18.0 Å². The Morgan fingerprint density at radius 1 is 0.906 bits per heavy atom. The lowest BCUT2D eigenvalue weighted by Gasteiger charge is -2.29. The number of hydrogen-bond acceptors (Lipinski definition) is 4. The smallest absolute Gasteiger partial charge is 0.224 e. The lowest BCUT2D eigenvalue weighted by atomic mass is 9.80. The van der Waals surface area contributed by atoms with Crippen LogP contribution in [0.4, 0.5) is 0 Å². The molecule has 2 aromatic carbocycles. The van der Waals surface area contributed by atoms with Gasteiger partial charge in [-0.15, -0.1) is 0 Å². The van der Waals surface area contributed by atoms with Gasteiger partial charge in [0.25, 0.3) is 0 Å². The number of hydrogen-bond donors (Lipinski definition) is 1. The quantitative estimate of drug-likeness (QED) is 0.516. The Bertz CT molecular complexity index is 920. The number of benzene rings is 2. The zero-order chi connectivity index (χ0) is 23.3. The summed E-state index contributed by atoms with van der Waals surface area (Å²) in [5.41, 5.74) is 1.65. The number of ketones is 1. The number of ether oxygens (including phenoxy) is 1. The zero-order valence-electron chi connectivity index (χ0n) is 19.3. The number of aldehydes is 1. The van der Waals surface area contributed by atoms with Crippen LogP contribution in [0.15, 0.2) is 48.5 Å². The molecule has 32 heavy (non-hydrogen) atoms. The van der Waals surface area contributed by atoms with Gasteiger partial charge < -0.3 is 14.8 Å². The molecule has 1 aliphatic rings. The third kappa shape index (κ3) is 5.64. The van der Waals surface area contributed by atoms with Gasteiger partial charge in [0.1, 0.15) is 23.6 Å². The Hall–Kier alpha value is -2.95. The van der Waals surface area contributed by atoms with E-state index in [1.165, 1.54) is 0 Å². The Labute approximate surface area is 190 Å². The van der Waals surface area contributed by atoms with Gasteiger partial charge in [-0.3, -0.25) is 9.59 Å². The van der Waals surface area contributed by atoms with Crippen LogP contribution in [0.3, 0.4) is 0 Å². The van der Waals surface area contributed by atoms with Crippen LogP contribution in [0, 0.1) is 17.8 Å². The minimum Gasteiger partial charge on any atom is -0.457 e. The summed E-state index contributed by atoms with van der Waals surface area (Å²) in [7, 11) is 0. The van der Waals surface area contributed by atoms with Crippen molar-refractivity contribution in [2.45, 2.75) is 58.9 Å². The second kappa shape index (κ2) is 10.6. The second-order valence-electron chi connectivity index (χ2n) is 9.49. The van der Waals surface area contributed by atoms with Crippen LogP contribution in [0.5, 0.6) is 11.5 Å². The highest BCUT2D eigenvalue weighted by Gasteiger charge is 2.35. The fourth-order valence-electron chi connectivity index (χ4n) is 4.43. The Morgan fingerprint density at radius 2 is 1.44 bits per heavy atom. The van der Waals surface area contributed by atoms with E-state index in [2.05, 4.69) is 5.32 Å². The van der Waals surface area contributed by atoms with Crippen LogP contribution >= 0.6 is 0 Å². The maximum absolute atomic E-state index is 13.6. The summed E-state index contributed by atoms with van der Waals surface area (Å²) in [6.45, 7) is 8.10. The molecule has 170 valence electrons. The van der Waals surface area contributed by atoms with E-state index < -0.39 is 17.9 Å². The maximum Gasteiger partial charge on any atom is 0.224 e. The number of fused-ring (bicyclic) bond motifs is 2. The first-order chi connectivity index (χ1) is 15.3. The van der Waals surface area contributed by atoms with E-state index in [-0.39, 0.29) is 29.9 Å². The summed E-state index contributed by atoms with van der Waals surface area (Å²) in [5.74, 6) is 0.674. The van der Waals surface area contributed by atoms with Crippen molar-refractivity contribution in [3.05, 3.63) is 59.7 Å². The van der Waals surface area contributed by atoms with Gasteiger partial charge >= 0.3 is 0 Å². The van der Waals surface area contributed by atoms with Crippen LogP contribution in [0.2, 0.25) is 0 Å². The number of carbonyl (C=O) groups excluding carboxylic acids is 3. The highest BCUT2D eigenvalue weighted by atomic mass is 16.5. The lowest BCUT2D eigenvalue weighted by molar-refractivity contribution is -0.131. The Balaban J connectivity index is 1.85. The molecule has 0 saturated heterocycles. The van der Waals surface area contributed by atoms with Crippen molar-refractivity contribution in [1.29, 1.82) is 0 Å². The molecule has 0 aliphatic carbocycles. The average molecular weight is 436 g/mol. The van der Waals surface area contributed by atoms with Gasteiger partial charge in [0.05, 0.1) is 12.0 Å². The summed E-state index contributed by atoms with van der Waals surface area (Å²) >= 11 is 0. The molecule has 1 N–H and O–H groups in total. The standard InChI is InChI=1S/C27H33NO4/c1-17(2)13-19(27(31)28-20(16-29)14-18(3)4)15-23(30)26-21-9-5-7-11-24(21)32-25-12-8-6-10-22(25)26/h5-12,16-20,26H,13-15H2,1-4H3,(H,28,31)/t19-,20+/m1/s1. The molecule has 1 heterocycles. The van der Waals surface area contributed by atoms with Gasteiger partial charge in [-0.1, -0.05) is 64.1 Å². The lowest BCUT2D eigenvalue weighted by Crippen LogP contribution is -2.42. The Morgan fingerprint density at radius 3 is 1.94 bits per heavy atom. The molecule has 5 nitrogen and oxygen atoms in total. The normalized spacial score (nSPS) is 14.8. The molecular formula is C27H33NO4. The first kappa shape index (κ1) is 23.7. The van der Waals surface area contributed by atoms with Crippen LogP contribution < -0.4 is 10.1 Å².